The van der Waals surface area contributed by atoms with E-state index in [0.29, 0.717) is 29.3 Å². The van der Waals surface area contributed by atoms with Crippen LogP contribution in [0.15, 0.2) is 45.8 Å². The van der Waals surface area contributed by atoms with Crippen LogP contribution in [0.4, 0.5) is 29.1 Å². The van der Waals surface area contributed by atoms with Gasteiger partial charge in [-0.3, -0.25) is 0 Å². The number of likely N-dealkylation sites (N-methyl/N-ethyl adjacent to an activating group) is 1. The summed E-state index contributed by atoms with van der Waals surface area (Å²) in [4.78, 5) is 17.0. The molecule has 180 valence electrons. The van der Waals surface area contributed by atoms with Crippen molar-refractivity contribution in [1.82, 2.24) is 19.9 Å². The predicted octanol–water partition coefficient (Wildman–Crippen LogP) is 4.61. The fourth-order valence-electron chi connectivity index (χ4n) is 4.48. The van der Waals surface area contributed by atoms with Crippen LogP contribution in [0.2, 0.25) is 0 Å². The Bertz CT molecular complexity index is 1450. The minimum Gasteiger partial charge on any atom is -0.324 e. The summed E-state index contributed by atoms with van der Waals surface area (Å²) in [6, 6.07) is 11.6. The molecule has 0 fully saturated rings. The van der Waals surface area contributed by atoms with Crippen molar-refractivity contribution in [2.24, 2.45) is 4.36 Å². The number of nitrogens with zero attached hydrogens (tertiary/aromatic N) is 6. The summed E-state index contributed by atoms with van der Waals surface area (Å²) < 4.78 is 16.2. The number of hydrogen-bond acceptors (Lipinski definition) is 10. The third-order valence-electron chi connectivity index (χ3n) is 5.79. The standard InChI is InChI=1S/C24H26N8OS2/c1-32-13-15-7-8-34-19-10-18(9-16(14-32)22(15)19)27-24-26-12-17(11-25)23(30-24)29-20-5-4-6-21(28-20)31-35(2,3)33/h4-6,9-10,12,15H,7-8,13-14H2,1-3H3,(H2,26,27,28,29,30). The van der Waals surface area contributed by atoms with Crippen molar-refractivity contribution in [2.45, 2.75) is 23.8 Å². The van der Waals surface area contributed by atoms with Crippen LogP contribution in [0.5, 0.6) is 0 Å². The fraction of sp³-hybridized carbons (Fsp3) is 0.333. The number of nitrogens with one attached hydrogen (secondary N) is 2. The molecule has 0 saturated heterocycles. The topological polar surface area (TPSA) is 119 Å². The lowest BCUT2D eigenvalue weighted by atomic mass is 9.87. The molecule has 0 radical (unpaired) electrons. The Morgan fingerprint density at radius 2 is 2.11 bits per heavy atom. The van der Waals surface area contributed by atoms with E-state index in [1.165, 1.54) is 28.6 Å². The maximum atomic E-state index is 12.0. The zero-order chi connectivity index (χ0) is 24.6. The number of pyridine rings is 1. The number of anilines is 4. The maximum absolute atomic E-state index is 12.0. The Kier molecular flexibility index (Phi) is 6.35. The predicted molar refractivity (Wildman–Crippen MR) is 140 cm³/mol. The van der Waals surface area contributed by atoms with Crippen molar-refractivity contribution in [3.05, 3.63) is 53.2 Å². The average Bonchev–Trinajstić information content (AvgIpc) is 2.78. The van der Waals surface area contributed by atoms with Crippen molar-refractivity contribution >= 4 is 50.6 Å². The van der Waals surface area contributed by atoms with Gasteiger partial charge in [0.2, 0.25) is 5.95 Å². The highest BCUT2D eigenvalue weighted by Gasteiger charge is 2.29. The highest BCUT2D eigenvalue weighted by atomic mass is 32.2. The molecule has 9 nitrogen and oxygen atoms in total. The van der Waals surface area contributed by atoms with E-state index >= 15 is 0 Å². The van der Waals surface area contributed by atoms with Gasteiger partial charge in [-0.1, -0.05) is 6.07 Å². The largest absolute Gasteiger partial charge is 0.324 e. The molecule has 1 unspecified atom stereocenters. The molecule has 0 bridgehead atoms. The monoisotopic (exact) mass is 506 g/mol. The molecular weight excluding hydrogens is 480 g/mol. The fourth-order valence-corrected chi connectivity index (χ4v) is 6.32. The zero-order valence-electron chi connectivity index (χ0n) is 19.8. The smallest absolute Gasteiger partial charge is 0.229 e. The van der Waals surface area contributed by atoms with Crippen LogP contribution in [0, 0.1) is 11.3 Å². The minimum atomic E-state index is -2.34. The molecule has 4 heterocycles. The Hall–Kier alpha value is -3.20. The average molecular weight is 507 g/mol. The number of hydrogen-bond donors (Lipinski definition) is 2. The van der Waals surface area contributed by atoms with Gasteiger partial charge in [-0.15, -0.1) is 11.8 Å². The summed E-state index contributed by atoms with van der Waals surface area (Å²) in [7, 11) is -0.176. The van der Waals surface area contributed by atoms with Crippen molar-refractivity contribution in [1.29, 1.82) is 5.26 Å². The first-order chi connectivity index (χ1) is 16.8. The van der Waals surface area contributed by atoms with Crippen molar-refractivity contribution in [2.75, 3.05) is 42.5 Å². The maximum Gasteiger partial charge on any atom is 0.229 e. The summed E-state index contributed by atoms with van der Waals surface area (Å²) in [5, 5.41) is 16.0. The van der Waals surface area contributed by atoms with E-state index in [0.717, 1.165) is 24.5 Å². The quantitative estimate of drug-likeness (QED) is 0.511. The van der Waals surface area contributed by atoms with Crippen LogP contribution in [-0.4, -0.2) is 55.9 Å². The highest BCUT2D eigenvalue weighted by molar-refractivity contribution is 7.99. The summed E-state index contributed by atoms with van der Waals surface area (Å²) in [5.41, 5.74) is 4.05. The lowest BCUT2D eigenvalue weighted by molar-refractivity contribution is 0.275. The van der Waals surface area contributed by atoms with Gasteiger partial charge in [0.15, 0.2) is 11.6 Å². The zero-order valence-corrected chi connectivity index (χ0v) is 21.4. The number of nitriles is 1. The molecule has 3 aromatic rings. The second kappa shape index (κ2) is 9.45. The van der Waals surface area contributed by atoms with Crippen LogP contribution < -0.4 is 10.6 Å². The van der Waals surface area contributed by atoms with Gasteiger partial charge in [-0.05, 0) is 60.5 Å². The van der Waals surface area contributed by atoms with Crippen LogP contribution in [0.25, 0.3) is 0 Å². The first-order valence-electron chi connectivity index (χ1n) is 11.2. The van der Waals surface area contributed by atoms with Crippen molar-refractivity contribution in [3.63, 3.8) is 0 Å². The lowest BCUT2D eigenvalue weighted by Crippen LogP contribution is -2.32. The van der Waals surface area contributed by atoms with Gasteiger partial charge in [0.1, 0.15) is 17.5 Å². The normalized spacial score (nSPS) is 17.3. The molecule has 11 heteroatoms. The van der Waals surface area contributed by atoms with Gasteiger partial charge in [-0.2, -0.15) is 14.6 Å². The Labute approximate surface area is 209 Å². The third-order valence-corrected chi connectivity index (χ3v) is 7.51. The number of thioether (sulfide) groups is 1. The van der Waals surface area contributed by atoms with Gasteiger partial charge < -0.3 is 15.5 Å². The second-order valence-electron chi connectivity index (χ2n) is 9.05. The first-order valence-corrected chi connectivity index (χ1v) is 14.5. The molecular formula is C24H26N8OS2. The van der Waals surface area contributed by atoms with E-state index in [1.807, 2.05) is 11.8 Å². The van der Waals surface area contributed by atoms with E-state index in [4.69, 9.17) is 0 Å². The number of benzene rings is 1. The molecule has 0 aliphatic carbocycles. The Balaban J connectivity index is 1.44. The SMILES string of the molecule is CN1Cc2cc(Nc3ncc(C#N)c(Nc4cccc(N=S(C)(C)=O)n4)n3)cc3c2C(CCS3)C1. The first kappa shape index (κ1) is 23.5. The molecule has 5 rings (SSSR count). The van der Waals surface area contributed by atoms with E-state index in [2.05, 4.69) is 60.1 Å². The van der Waals surface area contributed by atoms with Crippen molar-refractivity contribution < 1.29 is 4.21 Å². The van der Waals surface area contributed by atoms with Crippen LogP contribution >= 0.6 is 11.8 Å². The molecule has 1 aromatic carbocycles. The van der Waals surface area contributed by atoms with Gasteiger partial charge in [0.05, 0.1) is 6.20 Å². The summed E-state index contributed by atoms with van der Waals surface area (Å²) in [5.74, 6) is 3.22. The third kappa shape index (κ3) is 5.40. The highest BCUT2D eigenvalue weighted by Crippen LogP contribution is 2.44. The number of rotatable bonds is 5. The molecule has 1 atom stereocenters. The van der Waals surface area contributed by atoms with Gasteiger partial charge in [-0.25, -0.2) is 14.2 Å². The van der Waals surface area contributed by atoms with Gasteiger partial charge >= 0.3 is 0 Å². The summed E-state index contributed by atoms with van der Waals surface area (Å²) in [6.45, 7) is 2.03. The second-order valence-corrected chi connectivity index (χ2v) is 12.7. The van der Waals surface area contributed by atoms with Crippen LogP contribution in [0.1, 0.15) is 29.0 Å². The molecule has 2 N–H and O–H groups in total. The molecule has 0 spiro atoms. The summed E-state index contributed by atoms with van der Waals surface area (Å²) in [6.07, 6.45) is 5.80. The molecule has 35 heavy (non-hydrogen) atoms. The van der Waals surface area contributed by atoms with E-state index in [9.17, 15) is 9.47 Å². The molecule has 0 saturated carbocycles. The minimum absolute atomic E-state index is 0.287. The van der Waals surface area contributed by atoms with Gasteiger partial charge in [0, 0.05) is 45.9 Å². The summed E-state index contributed by atoms with van der Waals surface area (Å²) >= 11 is 1.91. The van der Waals surface area contributed by atoms with E-state index < -0.39 is 9.73 Å². The van der Waals surface area contributed by atoms with E-state index in [1.54, 1.807) is 30.7 Å². The molecule has 2 aliphatic rings. The molecule has 0 amide bonds. The van der Waals surface area contributed by atoms with Crippen LogP contribution in [0.3, 0.4) is 0 Å². The Morgan fingerprint density at radius 1 is 1.26 bits per heavy atom. The van der Waals surface area contributed by atoms with Crippen molar-refractivity contribution in [3.8, 4) is 6.07 Å². The molecule has 2 aliphatic heterocycles. The van der Waals surface area contributed by atoms with Gasteiger partial charge in [0.25, 0.3) is 0 Å². The van der Waals surface area contributed by atoms with Crippen LogP contribution in [-0.2, 0) is 16.3 Å². The molecule has 2 aromatic heterocycles. The Morgan fingerprint density at radius 3 is 2.91 bits per heavy atom. The van der Waals surface area contributed by atoms with E-state index in [-0.39, 0.29) is 5.56 Å². The lowest BCUT2D eigenvalue weighted by Gasteiger charge is -2.36. The number of aromatic nitrogens is 3.